The topological polar surface area (TPSA) is 83.5 Å². The minimum atomic E-state index is -1.10. The lowest BCUT2D eigenvalue weighted by Crippen LogP contribution is -2.03. The molecule has 0 amide bonds. The third-order valence-corrected chi connectivity index (χ3v) is 2.63. The van der Waals surface area contributed by atoms with E-state index in [-0.39, 0.29) is 23.7 Å². The van der Waals surface area contributed by atoms with Crippen LogP contribution in [-0.4, -0.2) is 11.1 Å². The van der Waals surface area contributed by atoms with Gasteiger partial charge in [-0.1, -0.05) is 11.6 Å². The number of halogens is 1. The molecule has 0 bridgehead atoms. The first-order chi connectivity index (χ1) is 9.11. The lowest BCUT2D eigenvalue weighted by molar-refractivity contribution is 0.0692. The van der Waals surface area contributed by atoms with E-state index in [1.165, 1.54) is 24.5 Å². The molecular weight excluding hydrogens is 270 g/mol. The van der Waals surface area contributed by atoms with Gasteiger partial charge in [-0.3, -0.25) is 0 Å². The summed E-state index contributed by atoms with van der Waals surface area (Å²) in [5, 5.41) is 18.2. The van der Waals surface area contributed by atoms with Crippen LogP contribution in [0.3, 0.4) is 0 Å². The number of carboxylic acid groups (broad SMARTS) is 1. The average Bonchev–Trinajstić information content (AvgIpc) is 2.85. The van der Waals surface area contributed by atoms with Crippen molar-refractivity contribution < 1.29 is 19.1 Å². The van der Waals surface area contributed by atoms with Crippen molar-refractivity contribution in [1.82, 2.24) is 0 Å². The van der Waals surface area contributed by atoms with Crippen molar-refractivity contribution in [1.29, 1.82) is 5.26 Å². The van der Waals surface area contributed by atoms with E-state index in [9.17, 15) is 4.79 Å². The zero-order chi connectivity index (χ0) is 13.8. The van der Waals surface area contributed by atoms with E-state index >= 15 is 0 Å². The number of rotatable bonds is 4. The molecule has 6 heteroatoms. The van der Waals surface area contributed by atoms with Gasteiger partial charge in [0.1, 0.15) is 24.0 Å². The minimum Gasteiger partial charge on any atom is -0.484 e. The molecule has 0 aliphatic rings. The number of nitriles is 1. The van der Waals surface area contributed by atoms with Gasteiger partial charge in [-0.05, 0) is 18.2 Å². The summed E-state index contributed by atoms with van der Waals surface area (Å²) in [7, 11) is 0. The number of benzene rings is 1. The zero-order valence-corrected chi connectivity index (χ0v) is 10.3. The summed E-state index contributed by atoms with van der Waals surface area (Å²) in [5.41, 5.74) is 0.341. The van der Waals surface area contributed by atoms with Crippen molar-refractivity contribution in [3.05, 3.63) is 52.4 Å². The molecule has 0 unspecified atom stereocenters. The molecule has 0 radical (unpaired) electrons. The molecule has 2 aromatic rings. The Hall–Kier alpha value is -2.45. The van der Waals surface area contributed by atoms with E-state index in [0.717, 1.165) is 0 Å². The zero-order valence-electron chi connectivity index (χ0n) is 9.59. The highest BCUT2D eigenvalue weighted by Gasteiger charge is 2.14. The molecule has 1 N–H and O–H groups in total. The van der Waals surface area contributed by atoms with E-state index in [4.69, 9.17) is 31.1 Å². The summed E-state index contributed by atoms with van der Waals surface area (Å²) in [5.74, 6) is -0.641. The normalized spacial score (nSPS) is 9.89. The summed E-state index contributed by atoms with van der Waals surface area (Å²) in [6.07, 6.45) is 1.27. The number of carbonyl (C=O) groups is 1. The van der Waals surface area contributed by atoms with Crippen molar-refractivity contribution in [2.45, 2.75) is 6.61 Å². The van der Waals surface area contributed by atoms with Crippen LogP contribution in [0.5, 0.6) is 5.75 Å². The van der Waals surface area contributed by atoms with Crippen LogP contribution in [0.2, 0.25) is 5.02 Å². The van der Waals surface area contributed by atoms with Gasteiger partial charge >= 0.3 is 5.97 Å². The molecule has 96 valence electrons. The second-order valence-corrected chi connectivity index (χ2v) is 4.04. The van der Waals surface area contributed by atoms with Gasteiger partial charge in [-0.15, -0.1) is 0 Å². The van der Waals surface area contributed by atoms with Gasteiger partial charge in [0.25, 0.3) is 0 Å². The molecule has 5 nitrogen and oxygen atoms in total. The van der Waals surface area contributed by atoms with Crippen LogP contribution in [0.1, 0.15) is 21.7 Å². The van der Waals surface area contributed by atoms with Gasteiger partial charge in [-0.25, -0.2) is 4.79 Å². The van der Waals surface area contributed by atoms with Gasteiger partial charge in [0.05, 0.1) is 11.8 Å². The van der Waals surface area contributed by atoms with Crippen LogP contribution < -0.4 is 4.74 Å². The number of ether oxygens (including phenoxy) is 1. The standard InChI is InChI=1S/C13H8ClNO4/c14-9-2-1-8(6-15)11(5-9)19-7-12-10(13(16)17)3-4-18-12/h1-5H,7H2,(H,16,17). The molecule has 1 heterocycles. The van der Waals surface area contributed by atoms with E-state index in [1.54, 1.807) is 6.07 Å². The van der Waals surface area contributed by atoms with Crippen LogP contribution in [0.15, 0.2) is 34.9 Å². The molecule has 0 spiro atoms. The van der Waals surface area contributed by atoms with Crippen LogP contribution in [0, 0.1) is 11.3 Å². The first kappa shape index (κ1) is 13.0. The Labute approximate surface area is 113 Å². The van der Waals surface area contributed by atoms with Crippen LogP contribution in [-0.2, 0) is 6.61 Å². The predicted octanol–water partition coefficient (Wildman–Crippen LogP) is 3.08. The van der Waals surface area contributed by atoms with Crippen molar-refractivity contribution in [3.8, 4) is 11.8 Å². The Kier molecular flexibility index (Phi) is 3.74. The molecule has 0 aliphatic carbocycles. The largest absolute Gasteiger partial charge is 0.484 e. The Morgan fingerprint density at radius 3 is 2.95 bits per heavy atom. The Morgan fingerprint density at radius 1 is 1.47 bits per heavy atom. The lowest BCUT2D eigenvalue weighted by atomic mass is 10.2. The second kappa shape index (κ2) is 5.46. The highest BCUT2D eigenvalue weighted by molar-refractivity contribution is 6.30. The third kappa shape index (κ3) is 2.87. The van der Waals surface area contributed by atoms with Crippen molar-refractivity contribution in [2.75, 3.05) is 0 Å². The predicted molar refractivity (Wildman–Crippen MR) is 66.2 cm³/mol. The number of hydrogen-bond donors (Lipinski definition) is 1. The molecule has 1 aromatic carbocycles. The van der Waals surface area contributed by atoms with Crippen LogP contribution in [0.4, 0.5) is 0 Å². The van der Waals surface area contributed by atoms with Crippen LogP contribution in [0.25, 0.3) is 0 Å². The quantitative estimate of drug-likeness (QED) is 0.928. The highest BCUT2D eigenvalue weighted by atomic mass is 35.5. The number of nitrogens with zero attached hydrogens (tertiary/aromatic N) is 1. The van der Waals surface area contributed by atoms with E-state index in [1.807, 2.05) is 6.07 Å². The number of furan rings is 1. The fraction of sp³-hybridized carbons (Fsp3) is 0.0769. The second-order valence-electron chi connectivity index (χ2n) is 3.60. The fourth-order valence-electron chi connectivity index (χ4n) is 1.49. The molecule has 0 saturated carbocycles. The SMILES string of the molecule is N#Cc1ccc(Cl)cc1OCc1occc1C(=O)O. The van der Waals surface area contributed by atoms with Gasteiger partial charge in [0.2, 0.25) is 0 Å². The summed E-state index contributed by atoms with van der Waals surface area (Å²) in [6.45, 7) is -0.0936. The molecule has 0 saturated heterocycles. The number of hydrogen-bond acceptors (Lipinski definition) is 4. The van der Waals surface area contributed by atoms with Gasteiger partial charge in [0.15, 0.2) is 5.76 Å². The maximum absolute atomic E-state index is 10.9. The summed E-state index contributed by atoms with van der Waals surface area (Å²) < 4.78 is 10.4. The Morgan fingerprint density at radius 2 is 2.26 bits per heavy atom. The minimum absolute atomic E-state index is 0.0283. The molecule has 0 fully saturated rings. The smallest absolute Gasteiger partial charge is 0.339 e. The summed E-state index contributed by atoms with van der Waals surface area (Å²) >= 11 is 5.81. The van der Waals surface area contributed by atoms with Gasteiger partial charge in [0, 0.05) is 11.1 Å². The Bertz CT molecular complexity index is 657. The highest BCUT2D eigenvalue weighted by Crippen LogP contribution is 2.24. The van der Waals surface area contributed by atoms with Gasteiger partial charge < -0.3 is 14.3 Å². The monoisotopic (exact) mass is 277 g/mol. The number of aromatic carboxylic acids is 1. The summed E-state index contributed by atoms with van der Waals surface area (Å²) in [4.78, 5) is 10.9. The van der Waals surface area contributed by atoms with Crippen molar-refractivity contribution in [2.24, 2.45) is 0 Å². The van der Waals surface area contributed by atoms with Gasteiger partial charge in [-0.2, -0.15) is 5.26 Å². The lowest BCUT2D eigenvalue weighted by Gasteiger charge is -2.07. The molecular formula is C13H8ClNO4. The maximum Gasteiger partial charge on any atom is 0.339 e. The van der Waals surface area contributed by atoms with Crippen LogP contribution >= 0.6 is 11.6 Å². The van der Waals surface area contributed by atoms with E-state index in [2.05, 4.69) is 0 Å². The molecule has 2 rings (SSSR count). The first-order valence-electron chi connectivity index (χ1n) is 5.24. The van der Waals surface area contributed by atoms with Crippen molar-refractivity contribution >= 4 is 17.6 Å². The number of carboxylic acids is 1. The van der Waals surface area contributed by atoms with E-state index < -0.39 is 5.97 Å². The summed E-state index contributed by atoms with van der Waals surface area (Å²) in [6, 6.07) is 7.88. The Balaban J connectivity index is 2.19. The first-order valence-corrected chi connectivity index (χ1v) is 5.61. The van der Waals surface area contributed by atoms with E-state index in [0.29, 0.717) is 10.6 Å². The molecule has 1 aromatic heterocycles. The molecule has 0 atom stereocenters. The fourth-order valence-corrected chi connectivity index (χ4v) is 1.66. The van der Waals surface area contributed by atoms with Crippen molar-refractivity contribution in [3.63, 3.8) is 0 Å². The third-order valence-electron chi connectivity index (χ3n) is 2.40. The maximum atomic E-state index is 10.9. The molecule has 0 aliphatic heterocycles. The molecule has 19 heavy (non-hydrogen) atoms. The average molecular weight is 278 g/mol.